The van der Waals surface area contributed by atoms with Crippen LogP contribution in [-0.4, -0.2) is 42.5 Å². The number of alkyl halides is 1. The van der Waals surface area contributed by atoms with Gasteiger partial charge in [-0.25, -0.2) is 4.39 Å². The molecular weight excluding hydrogens is 377 g/mol. The molecule has 1 saturated heterocycles. The van der Waals surface area contributed by atoms with Crippen LogP contribution >= 0.6 is 0 Å². The van der Waals surface area contributed by atoms with Gasteiger partial charge in [0.1, 0.15) is 6.17 Å². The summed E-state index contributed by atoms with van der Waals surface area (Å²) in [7, 11) is 0. The quantitative estimate of drug-likeness (QED) is 0.668. The van der Waals surface area contributed by atoms with Crippen LogP contribution in [0.2, 0.25) is 0 Å². The normalized spacial score (nSPS) is 18.3. The van der Waals surface area contributed by atoms with Crippen LogP contribution in [0.5, 0.6) is 0 Å². The van der Waals surface area contributed by atoms with Gasteiger partial charge in [0.15, 0.2) is 5.82 Å². The SMILES string of the molecule is Cc1cccc([C@@H](C)Nc2nnc(C)c3ccc(N4CCNCC(F)C4)cc23)c1C. The molecule has 30 heavy (non-hydrogen) atoms. The first-order valence-corrected chi connectivity index (χ1v) is 10.6. The summed E-state index contributed by atoms with van der Waals surface area (Å²) >= 11 is 0. The number of benzene rings is 2. The topological polar surface area (TPSA) is 53.1 Å². The molecule has 2 heterocycles. The molecule has 2 N–H and O–H groups in total. The van der Waals surface area contributed by atoms with Crippen LogP contribution in [0.15, 0.2) is 36.4 Å². The fraction of sp³-hybridized carbons (Fsp3) is 0.417. The van der Waals surface area contributed by atoms with E-state index in [2.05, 4.69) is 82.9 Å². The van der Waals surface area contributed by atoms with Gasteiger partial charge in [-0.2, -0.15) is 5.10 Å². The largest absolute Gasteiger partial charge is 0.367 e. The maximum atomic E-state index is 14.1. The van der Waals surface area contributed by atoms with Crippen LogP contribution in [0.25, 0.3) is 10.8 Å². The Balaban J connectivity index is 1.70. The Hall–Kier alpha value is -2.73. The summed E-state index contributed by atoms with van der Waals surface area (Å²) in [5.74, 6) is 0.760. The van der Waals surface area contributed by atoms with Gasteiger partial charge in [0.05, 0.1) is 18.3 Å². The molecule has 1 unspecified atom stereocenters. The van der Waals surface area contributed by atoms with Crippen LogP contribution in [0.1, 0.15) is 35.3 Å². The molecule has 1 aliphatic heterocycles. The average Bonchev–Trinajstić information content (AvgIpc) is 2.96. The molecule has 5 nitrogen and oxygen atoms in total. The fourth-order valence-corrected chi connectivity index (χ4v) is 4.21. The molecule has 0 bridgehead atoms. The number of aromatic nitrogens is 2. The van der Waals surface area contributed by atoms with E-state index in [-0.39, 0.29) is 6.04 Å². The zero-order valence-corrected chi connectivity index (χ0v) is 18.2. The number of aryl methyl sites for hydroxylation is 2. The fourth-order valence-electron chi connectivity index (χ4n) is 4.21. The van der Waals surface area contributed by atoms with Gasteiger partial charge < -0.3 is 15.5 Å². The lowest BCUT2D eigenvalue weighted by Gasteiger charge is -2.24. The maximum Gasteiger partial charge on any atom is 0.157 e. The number of hydrogen-bond donors (Lipinski definition) is 2. The second-order valence-corrected chi connectivity index (χ2v) is 8.27. The Morgan fingerprint density at radius 2 is 1.97 bits per heavy atom. The van der Waals surface area contributed by atoms with Gasteiger partial charge in [-0.15, -0.1) is 5.10 Å². The molecule has 1 aliphatic rings. The van der Waals surface area contributed by atoms with Crippen LogP contribution in [0.4, 0.5) is 15.9 Å². The van der Waals surface area contributed by atoms with Crippen LogP contribution < -0.4 is 15.5 Å². The second kappa shape index (κ2) is 8.56. The smallest absolute Gasteiger partial charge is 0.157 e. The van der Waals surface area contributed by atoms with Gasteiger partial charge in [-0.1, -0.05) is 24.3 Å². The van der Waals surface area contributed by atoms with Crippen molar-refractivity contribution in [1.29, 1.82) is 0 Å². The first-order chi connectivity index (χ1) is 14.4. The monoisotopic (exact) mass is 407 g/mol. The highest BCUT2D eigenvalue weighted by molar-refractivity contribution is 5.95. The number of nitrogens with one attached hydrogen (secondary N) is 2. The Morgan fingerprint density at radius 1 is 1.13 bits per heavy atom. The van der Waals surface area contributed by atoms with Crippen molar-refractivity contribution in [3.05, 3.63) is 58.8 Å². The number of fused-ring (bicyclic) bond motifs is 1. The summed E-state index contributed by atoms with van der Waals surface area (Å²) in [6, 6.07) is 12.7. The van der Waals surface area contributed by atoms with Crippen LogP contribution in [0, 0.1) is 20.8 Å². The van der Waals surface area contributed by atoms with Crippen LogP contribution in [0.3, 0.4) is 0 Å². The van der Waals surface area contributed by atoms with Gasteiger partial charge in [-0.05, 0) is 56.5 Å². The minimum atomic E-state index is -0.873. The van der Waals surface area contributed by atoms with Crippen molar-refractivity contribution in [1.82, 2.24) is 15.5 Å². The number of hydrogen-bond acceptors (Lipinski definition) is 5. The standard InChI is InChI=1S/C24H30FN5/c1-15-6-5-7-21(16(15)2)17(3)27-24-23-12-20(8-9-22(23)18(4)28-29-24)30-11-10-26-13-19(25)14-30/h5-9,12,17,19,26H,10-11,13-14H2,1-4H3,(H,27,29)/t17-,19?/m1/s1. The van der Waals surface area contributed by atoms with E-state index in [1.165, 1.54) is 16.7 Å². The molecule has 2 aromatic carbocycles. The molecule has 0 amide bonds. The molecule has 1 fully saturated rings. The number of rotatable bonds is 4. The lowest BCUT2D eigenvalue weighted by molar-refractivity contribution is 0.337. The first kappa shape index (κ1) is 20.5. The molecule has 0 saturated carbocycles. The second-order valence-electron chi connectivity index (χ2n) is 8.27. The summed E-state index contributed by atoms with van der Waals surface area (Å²) in [4.78, 5) is 2.11. The van der Waals surface area contributed by atoms with Crippen molar-refractivity contribution in [2.45, 2.75) is 39.9 Å². The Morgan fingerprint density at radius 3 is 2.80 bits per heavy atom. The summed E-state index contributed by atoms with van der Waals surface area (Å²) in [6.45, 7) is 10.8. The van der Waals surface area contributed by atoms with Crippen LogP contribution in [-0.2, 0) is 0 Å². The molecule has 4 rings (SSSR count). The Kier molecular flexibility index (Phi) is 5.86. The predicted molar refractivity (Wildman–Crippen MR) is 122 cm³/mol. The minimum absolute atomic E-state index is 0.0892. The van der Waals surface area contributed by atoms with E-state index in [0.29, 0.717) is 13.1 Å². The van der Waals surface area contributed by atoms with E-state index in [0.717, 1.165) is 41.1 Å². The third-order valence-electron chi connectivity index (χ3n) is 6.12. The lowest BCUT2D eigenvalue weighted by atomic mass is 9.98. The van der Waals surface area contributed by atoms with Gasteiger partial charge in [0.2, 0.25) is 0 Å². The van der Waals surface area contributed by atoms with Crippen molar-refractivity contribution in [2.24, 2.45) is 0 Å². The summed E-state index contributed by atoms with van der Waals surface area (Å²) < 4.78 is 14.1. The van der Waals surface area contributed by atoms with Crippen molar-refractivity contribution in [2.75, 3.05) is 36.4 Å². The molecule has 0 spiro atoms. The third kappa shape index (κ3) is 4.10. The molecule has 2 atom stereocenters. The Labute approximate surface area is 177 Å². The highest BCUT2D eigenvalue weighted by Gasteiger charge is 2.19. The molecule has 3 aromatic rings. The van der Waals surface area contributed by atoms with E-state index in [4.69, 9.17) is 0 Å². The third-order valence-corrected chi connectivity index (χ3v) is 6.12. The lowest BCUT2D eigenvalue weighted by Crippen LogP contribution is -2.30. The molecule has 1 aromatic heterocycles. The van der Waals surface area contributed by atoms with Crippen molar-refractivity contribution in [3.63, 3.8) is 0 Å². The molecular formula is C24H30FN5. The number of anilines is 2. The van der Waals surface area contributed by atoms with E-state index in [1.54, 1.807) is 0 Å². The van der Waals surface area contributed by atoms with Crippen molar-refractivity contribution < 1.29 is 4.39 Å². The Bertz CT molecular complexity index is 1050. The minimum Gasteiger partial charge on any atom is -0.367 e. The predicted octanol–water partition coefficient (Wildman–Crippen LogP) is 4.48. The van der Waals surface area contributed by atoms with E-state index >= 15 is 0 Å². The van der Waals surface area contributed by atoms with E-state index in [9.17, 15) is 4.39 Å². The van der Waals surface area contributed by atoms with E-state index < -0.39 is 6.17 Å². The maximum absolute atomic E-state index is 14.1. The summed E-state index contributed by atoms with van der Waals surface area (Å²) in [5.41, 5.74) is 5.72. The van der Waals surface area contributed by atoms with Gasteiger partial charge >= 0.3 is 0 Å². The molecule has 158 valence electrons. The van der Waals surface area contributed by atoms with Gasteiger partial charge in [0, 0.05) is 36.1 Å². The highest BCUT2D eigenvalue weighted by atomic mass is 19.1. The van der Waals surface area contributed by atoms with Crippen molar-refractivity contribution >= 4 is 22.3 Å². The van der Waals surface area contributed by atoms with E-state index in [1.807, 2.05) is 6.92 Å². The highest BCUT2D eigenvalue weighted by Crippen LogP contribution is 2.31. The summed E-state index contributed by atoms with van der Waals surface area (Å²) in [6.07, 6.45) is -0.873. The zero-order chi connectivity index (χ0) is 21.3. The van der Waals surface area contributed by atoms with Gasteiger partial charge in [-0.3, -0.25) is 0 Å². The summed E-state index contributed by atoms with van der Waals surface area (Å²) in [5, 5.41) is 17.7. The molecule has 0 radical (unpaired) electrons. The zero-order valence-electron chi connectivity index (χ0n) is 18.2. The average molecular weight is 408 g/mol. The first-order valence-electron chi connectivity index (χ1n) is 10.6. The number of nitrogens with zero attached hydrogens (tertiary/aromatic N) is 3. The van der Waals surface area contributed by atoms with Gasteiger partial charge in [0.25, 0.3) is 0 Å². The molecule has 0 aliphatic carbocycles. The number of halogens is 1. The van der Waals surface area contributed by atoms with Crippen molar-refractivity contribution in [3.8, 4) is 0 Å². The molecule has 6 heteroatoms.